The SMILES string of the molecule is Brc1cccn2c1nc1ccccc12. The Hall–Kier alpha value is -1.35. The van der Waals surface area contributed by atoms with Crippen LogP contribution in [0.2, 0.25) is 0 Å². The molecule has 0 amide bonds. The van der Waals surface area contributed by atoms with Crippen LogP contribution in [0.3, 0.4) is 0 Å². The number of pyridine rings is 1. The third kappa shape index (κ3) is 0.990. The van der Waals surface area contributed by atoms with E-state index in [9.17, 15) is 0 Å². The number of hydrogen-bond donors (Lipinski definition) is 0. The largest absolute Gasteiger partial charge is 0.299 e. The minimum atomic E-state index is 0.966. The maximum Gasteiger partial charge on any atom is 0.152 e. The molecule has 0 N–H and O–H groups in total. The molecule has 3 aromatic rings. The van der Waals surface area contributed by atoms with E-state index < -0.39 is 0 Å². The number of rotatable bonds is 0. The van der Waals surface area contributed by atoms with Crippen LogP contribution in [-0.2, 0) is 0 Å². The summed E-state index contributed by atoms with van der Waals surface area (Å²) in [5.74, 6) is 0. The van der Waals surface area contributed by atoms with Crippen molar-refractivity contribution in [1.29, 1.82) is 0 Å². The van der Waals surface area contributed by atoms with Crippen molar-refractivity contribution in [2.45, 2.75) is 0 Å². The number of halogens is 1. The first-order valence-corrected chi connectivity index (χ1v) is 5.17. The van der Waals surface area contributed by atoms with Gasteiger partial charge < -0.3 is 0 Å². The molecule has 14 heavy (non-hydrogen) atoms. The van der Waals surface area contributed by atoms with Crippen LogP contribution >= 0.6 is 15.9 Å². The van der Waals surface area contributed by atoms with E-state index in [-0.39, 0.29) is 0 Å². The summed E-state index contributed by atoms with van der Waals surface area (Å²) < 4.78 is 3.11. The summed E-state index contributed by atoms with van der Waals surface area (Å²) >= 11 is 3.49. The number of imidazole rings is 1. The Balaban J connectivity index is 2.63. The van der Waals surface area contributed by atoms with E-state index in [0.717, 1.165) is 21.2 Å². The Morgan fingerprint density at radius 3 is 2.86 bits per heavy atom. The van der Waals surface area contributed by atoms with Crippen LogP contribution in [-0.4, -0.2) is 9.38 Å². The maximum atomic E-state index is 4.53. The molecule has 68 valence electrons. The van der Waals surface area contributed by atoms with Crippen LogP contribution in [0.5, 0.6) is 0 Å². The van der Waals surface area contributed by atoms with Crippen LogP contribution < -0.4 is 0 Å². The van der Waals surface area contributed by atoms with Crippen molar-refractivity contribution in [3.8, 4) is 0 Å². The molecule has 0 aliphatic rings. The number of hydrogen-bond acceptors (Lipinski definition) is 1. The number of para-hydroxylation sites is 2. The number of fused-ring (bicyclic) bond motifs is 3. The molecule has 2 aromatic heterocycles. The number of aromatic nitrogens is 2. The van der Waals surface area contributed by atoms with Gasteiger partial charge in [-0.25, -0.2) is 4.98 Å². The Morgan fingerprint density at radius 2 is 1.93 bits per heavy atom. The van der Waals surface area contributed by atoms with Gasteiger partial charge in [-0.3, -0.25) is 4.40 Å². The van der Waals surface area contributed by atoms with Crippen molar-refractivity contribution >= 4 is 32.6 Å². The fraction of sp³-hybridized carbons (Fsp3) is 0. The van der Waals surface area contributed by atoms with Crippen LogP contribution in [0.25, 0.3) is 16.7 Å². The van der Waals surface area contributed by atoms with Crippen LogP contribution in [0.15, 0.2) is 47.1 Å². The Kier molecular flexibility index (Phi) is 1.61. The minimum Gasteiger partial charge on any atom is -0.299 e. The highest BCUT2D eigenvalue weighted by Gasteiger charge is 2.04. The van der Waals surface area contributed by atoms with E-state index in [1.165, 1.54) is 0 Å². The molecule has 3 rings (SSSR count). The van der Waals surface area contributed by atoms with E-state index >= 15 is 0 Å². The second-order valence-electron chi connectivity index (χ2n) is 3.15. The lowest BCUT2D eigenvalue weighted by Gasteiger charge is -1.95. The van der Waals surface area contributed by atoms with Crippen LogP contribution in [0.1, 0.15) is 0 Å². The van der Waals surface area contributed by atoms with Gasteiger partial charge in [0.05, 0.1) is 15.5 Å². The van der Waals surface area contributed by atoms with Crippen molar-refractivity contribution in [3.63, 3.8) is 0 Å². The zero-order valence-corrected chi connectivity index (χ0v) is 8.90. The summed E-state index contributed by atoms with van der Waals surface area (Å²) in [7, 11) is 0. The van der Waals surface area contributed by atoms with Gasteiger partial charge in [0.1, 0.15) is 0 Å². The van der Waals surface area contributed by atoms with Gasteiger partial charge in [0, 0.05) is 6.20 Å². The van der Waals surface area contributed by atoms with Gasteiger partial charge >= 0.3 is 0 Å². The number of nitrogens with zero attached hydrogens (tertiary/aromatic N) is 2. The summed E-state index contributed by atoms with van der Waals surface area (Å²) in [4.78, 5) is 4.53. The quantitative estimate of drug-likeness (QED) is 0.596. The molecule has 0 spiro atoms. The molecule has 0 aliphatic heterocycles. The van der Waals surface area contributed by atoms with Gasteiger partial charge in [-0.15, -0.1) is 0 Å². The topological polar surface area (TPSA) is 17.3 Å². The molecule has 0 saturated carbocycles. The van der Waals surface area contributed by atoms with Crippen molar-refractivity contribution in [2.75, 3.05) is 0 Å². The summed E-state index contributed by atoms with van der Waals surface area (Å²) in [6.45, 7) is 0. The molecule has 0 radical (unpaired) electrons. The zero-order valence-electron chi connectivity index (χ0n) is 7.31. The van der Waals surface area contributed by atoms with Crippen molar-refractivity contribution in [2.24, 2.45) is 0 Å². The Bertz CT molecular complexity index is 613. The lowest BCUT2D eigenvalue weighted by Crippen LogP contribution is -1.82. The van der Waals surface area contributed by atoms with Gasteiger partial charge in [0.25, 0.3) is 0 Å². The lowest BCUT2D eigenvalue weighted by atomic mass is 10.3. The fourth-order valence-corrected chi connectivity index (χ4v) is 2.08. The highest BCUT2D eigenvalue weighted by atomic mass is 79.9. The van der Waals surface area contributed by atoms with Crippen molar-refractivity contribution in [3.05, 3.63) is 47.1 Å². The van der Waals surface area contributed by atoms with Gasteiger partial charge in [-0.05, 0) is 40.2 Å². The first-order chi connectivity index (χ1) is 6.86. The fourth-order valence-electron chi connectivity index (χ4n) is 1.65. The average Bonchev–Trinajstić information content (AvgIpc) is 2.59. The average molecular weight is 247 g/mol. The maximum absolute atomic E-state index is 4.53. The first-order valence-electron chi connectivity index (χ1n) is 4.37. The molecular formula is C11H7BrN2. The van der Waals surface area contributed by atoms with Crippen LogP contribution in [0.4, 0.5) is 0 Å². The van der Waals surface area contributed by atoms with Crippen molar-refractivity contribution < 1.29 is 0 Å². The van der Waals surface area contributed by atoms with E-state index in [0.29, 0.717) is 0 Å². The van der Waals surface area contributed by atoms with E-state index in [1.54, 1.807) is 0 Å². The standard InChI is InChI=1S/C11H7BrN2/c12-8-4-3-7-14-10-6-2-1-5-9(10)13-11(8)14/h1-7H. The Morgan fingerprint density at radius 1 is 1.07 bits per heavy atom. The monoisotopic (exact) mass is 246 g/mol. The summed E-state index contributed by atoms with van der Waals surface area (Å²) in [6.07, 6.45) is 2.02. The van der Waals surface area contributed by atoms with Gasteiger partial charge in [-0.1, -0.05) is 12.1 Å². The van der Waals surface area contributed by atoms with Gasteiger partial charge in [0.15, 0.2) is 5.65 Å². The van der Waals surface area contributed by atoms with E-state index in [4.69, 9.17) is 0 Å². The second-order valence-corrected chi connectivity index (χ2v) is 4.00. The van der Waals surface area contributed by atoms with Gasteiger partial charge in [0.2, 0.25) is 0 Å². The third-order valence-corrected chi connectivity index (χ3v) is 2.91. The molecule has 2 heterocycles. The molecule has 2 nitrogen and oxygen atoms in total. The predicted octanol–water partition coefficient (Wildman–Crippen LogP) is 3.25. The normalized spacial score (nSPS) is 11.2. The minimum absolute atomic E-state index is 0.966. The predicted molar refractivity (Wildman–Crippen MR) is 60.4 cm³/mol. The van der Waals surface area contributed by atoms with Crippen molar-refractivity contribution in [1.82, 2.24) is 9.38 Å². The van der Waals surface area contributed by atoms with E-state index in [1.807, 2.05) is 36.5 Å². The zero-order chi connectivity index (χ0) is 9.54. The third-order valence-electron chi connectivity index (χ3n) is 2.29. The van der Waals surface area contributed by atoms with Crippen LogP contribution in [0, 0.1) is 0 Å². The smallest absolute Gasteiger partial charge is 0.152 e. The molecule has 0 fully saturated rings. The summed E-state index contributed by atoms with van der Waals surface area (Å²) in [6, 6.07) is 12.1. The molecular weight excluding hydrogens is 240 g/mol. The van der Waals surface area contributed by atoms with E-state index in [2.05, 4.69) is 31.4 Å². The highest BCUT2D eigenvalue weighted by Crippen LogP contribution is 2.21. The summed E-state index contributed by atoms with van der Waals surface area (Å²) in [5.41, 5.74) is 3.14. The summed E-state index contributed by atoms with van der Waals surface area (Å²) in [5, 5.41) is 0. The molecule has 0 bridgehead atoms. The highest BCUT2D eigenvalue weighted by molar-refractivity contribution is 9.10. The lowest BCUT2D eigenvalue weighted by molar-refractivity contribution is 1.22. The molecule has 0 atom stereocenters. The molecule has 0 unspecified atom stereocenters. The molecule has 0 saturated heterocycles. The number of benzene rings is 1. The molecule has 1 aromatic carbocycles. The van der Waals surface area contributed by atoms with Gasteiger partial charge in [-0.2, -0.15) is 0 Å². The molecule has 0 aliphatic carbocycles. The second kappa shape index (κ2) is 2.82. The molecule has 3 heteroatoms. The first kappa shape index (κ1) is 8.00. The Labute approximate surface area is 89.3 Å².